The minimum atomic E-state index is -3.50. The summed E-state index contributed by atoms with van der Waals surface area (Å²) < 4.78 is 43.5. The van der Waals surface area contributed by atoms with Crippen LogP contribution in [-0.4, -0.2) is 58.3 Å². The van der Waals surface area contributed by atoms with Crippen LogP contribution in [0.4, 0.5) is 0 Å². The summed E-state index contributed by atoms with van der Waals surface area (Å²) >= 11 is 0. The zero-order valence-corrected chi connectivity index (χ0v) is 19.2. The predicted molar refractivity (Wildman–Crippen MR) is 121 cm³/mol. The van der Waals surface area contributed by atoms with Crippen molar-refractivity contribution < 1.29 is 27.4 Å². The lowest BCUT2D eigenvalue weighted by molar-refractivity contribution is 0.0486. The van der Waals surface area contributed by atoms with E-state index >= 15 is 0 Å². The molecule has 0 saturated carbocycles. The average Bonchev–Trinajstić information content (AvgIpc) is 3.55. The van der Waals surface area contributed by atoms with E-state index < -0.39 is 10.0 Å². The average molecular weight is 473 g/mol. The van der Waals surface area contributed by atoms with Gasteiger partial charge in [-0.15, -0.1) is 0 Å². The van der Waals surface area contributed by atoms with Crippen LogP contribution in [-0.2, 0) is 20.2 Å². The second-order valence-corrected chi connectivity index (χ2v) is 10.7. The minimum absolute atomic E-state index is 0.217. The normalized spacial score (nSPS) is 20.0. The Balaban J connectivity index is 1.30. The number of nitrogens with one attached hydrogen (secondary N) is 1. The number of rotatable bonds is 6. The Labute approximate surface area is 193 Å². The first-order chi connectivity index (χ1) is 16.0. The van der Waals surface area contributed by atoms with Crippen LogP contribution in [0, 0.1) is 0 Å². The molecule has 8 nitrogen and oxygen atoms in total. The molecule has 1 N–H and O–H groups in total. The van der Waals surface area contributed by atoms with Crippen molar-refractivity contribution in [1.82, 2.24) is 9.62 Å². The number of hydrogen-bond donors (Lipinski definition) is 1. The number of benzene rings is 2. The highest BCUT2D eigenvalue weighted by Gasteiger charge is 2.36. The summed E-state index contributed by atoms with van der Waals surface area (Å²) in [6.07, 6.45) is 3.33. The molecule has 0 bridgehead atoms. The van der Waals surface area contributed by atoms with Crippen LogP contribution in [0.5, 0.6) is 11.5 Å². The highest BCUT2D eigenvalue weighted by molar-refractivity contribution is 7.89. The van der Waals surface area contributed by atoms with Crippen molar-refractivity contribution in [1.29, 1.82) is 0 Å². The van der Waals surface area contributed by atoms with Gasteiger partial charge in [0.05, 0.1) is 4.90 Å². The Hall–Kier alpha value is -2.62. The van der Waals surface area contributed by atoms with Crippen molar-refractivity contribution >= 4 is 15.9 Å². The van der Waals surface area contributed by atoms with Gasteiger partial charge in [-0.3, -0.25) is 4.79 Å². The van der Waals surface area contributed by atoms with Crippen molar-refractivity contribution in [3.05, 3.63) is 53.6 Å². The molecule has 33 heavy (non-hydrogen) atoms. The molecule has 3 heterocycles. The maximum Gasteiger partial charge on any atom is 0.251 e. The third-order valence-corrected chi connectivity index (χ3v) is 8.75. The summed E-state index contributed by atoms with van der Waals surface area (Å²) in [5.41, 5.74) is 1.25. The number of amides is 1. The van der Waals surface area contributed by atoms with Gasteiger partial charge in [0.15, 0.2) is 11.5 Å². The number of carbonyl (C=O) groups excluding carboxylic acids is 1. The Kier molecular flexibility index (Phi) is 6.03. The fourth-order valence-corrected chi connectivity index (χ4v) is 6.28. The molecule has 1 amide bonds. The van der Waals surface area contributed by atoms with E-state index in [1.165, 1.54) is 16.4 Å². The van der Waals surface area contributed by atoms with Crippen LogP contribution in [0.3, 0.4) is 0 Å². The molecule has 5 rings (SSSR count). The number of fused-ring (bicyclic) bond motifs is 1. The van der Waals surface area contributed by atoms with Gasteiger partial charge in [-0.25, -0.2) is 8.42 Å². The van der Waals surface area contributed by atoms with Crippen LogP contribution < -0.4 is 14.8 Å². The SMILES string of the molecule is O=C(NCC1(c2ccc3c(c2)OCO3)CCOCC1)c1ccc(S(=O)(=O)N2CCCC2)cc1. The molecule has 0 atom stereocenters. The van der Waals surface area contributed by atoms with Crippen LogP contribution in [0.25, 0.3) is 0 Å². The molecule has 0 unspecified atom stereocenters. The van der Waals surface area contributed by atoms with Crippen molar-refractivity contribution in [2.45, 2.75) is 36.0 Å². The monoisotopic (exact) mass is 472 g/mol. The summed E-state index contributed by atoms with van der Waals surface area (Å²) in [5.74, 6) is 1.22. The number of sulfonamides is 1. The van der Waals surface area contributed by atoms with E-state index in [1.54, 1.807) is 12.1 Å². The highest BCUT2D eigenvalue weighted by atomic mass is 32.2. The lowest BCUT2D eigenvalue weighted by atomic mass is 9.74. The summed E-state index contributed by atoms with van der Waals surface area (Å²) in [5, 5.41) is 3.06. The van der Waals surface area contributed by atoms with Gasteiger partial charge < -0.3 is 19.5 Å². The van der Waals surface area contributed by atoms with E-state index in [9.17, 15) is 13.2 Å². The smallest absolute Gasteiger partial charge is 0.251 e. The summed E-state index contributed by atoms with van der Waals surface area (Å²) in [7, 11) is -3.50. The van der Waals surface area contributed by atoms with Gasteiger partial charge in [-0.2, -0.15) is 4.31 Å². The fraction of sp³-hybridized carbons (Fsp3) is 0.458. The summed E-state index contributed by atoms with van der Waals surface area (Å²) in [4.78, 5) is 13.1. The zero-order chi connectivity index (χ0) is 22.9. The quantitative estimate of drug-likeness (QED) is 0.695. The topological polar surface area (TPSA) is 94.2 Å². The Morgan fingerprint density at radius 1 is 0.970 bits per heavy atom. The van der Waals surface area contributed by atoms with Crippen molar-refractivity contribution in [2.75, 3.05) is 39.6 Å². The maximum atomic E-state index is 12.9. The summed E-state index contributed by atoms with van der Waals surface area (Å²) in [6, 6.07) is 12.1. The third-order valence-electron chi connectivity index (χ3n) is 6.84. The van der Waals surface area contributed by atoms with Gasteiger partial charge in [0, 0.05) is 43.8 Å². The predicted octanol–water partition coefficient (Wildman–Crippen LogP) is 2.68. The van der Waals surface area contributed by atoms with Gasteiger partial charge in [-0.05, 0) is 67.6 Å². The van der Waals surface area contributed by atoms with Gasteiger partial charge in [0.2, 0.25) is 16.8 Å². The standard InChI is InChI=1S/C24H28N2O6S/c27-23(18-3-6-20(7-4-18)33(28,29)26-11-1-2-12-26)25-16-24(9-13-30-14-10-24)19-5-8-21-22(15-19)32-17-31-21/h3-8,15H,1-2,9-14,16-17H2,(H,25,27). The van der Waals surface area contributed by atoms with Gasteiger partial charge >= 0.3 is 0 Å². The van der Waals surface area contributed by atoms with Crippen molar-refractivity contribution in [2.24, 2.45) is 0 Å². The number of ether oxygens (including phenoxy) is 3. The van der Waals surface area contributed by atoms with Crippen molar-refractivity contribution in [3.8, 4) is 11.5 Å². The first kappa shape index (κ1) is 22.2. The molecular weight excluding hydrogens is 444 g/mol. The van der Waals surface area contributed by atoms with Crippen LogP contribution >= 0.6 is 0 Å². The van der Waals surface area contributed by atoms with E-state index in [0.29, 0.717) is 38.4 Å². The zero-order valence-electron chi connectivity index (χ0n) is 18.4. The second-order valence-electron chi connectivity index (χ2n) is 8.78. The van der Waals surface area contributed by atoms with Gasteiger partial charge in [0.25, 0.3) is 5.91 Å². The second kappa shape index (κ2) is 8.96. The van der Waals surface area contributed by atoms with E-state index in [2.05, 4.69) is 5.32 Å². The third kappa shape index (κ3) is 4.32. The van der Waals surface area contributed by atoms with E-state index in [4.69, 9.17) is 14.2 Å². The first-order valence-corrected chi connectivity index (χ1v) is 12.8. The number of nitrogens with zero attached hydrogens (tertiary/aromatic N) is 1. The molecule has 3 aliphatic rings. The van der Waals surface area contributed by atoms with Crippen LogP contribution in [0.15, 0.2) is 47.4 Å². The Morgan fingerprint density at radius 2 is 1.67 bits per heavy atom. The van der Waals surface area contributed by atoms with Crippen molar-refractivity contribution in [3.63, 3.8) is 0 Å². The molecule has 176 valence electrons. The molecule has 2 fully saturated rings. The molecule has 2 aromatic rings. The fourth-order valence-electron chi connectivity index (χ4n) is 4.76. The first-order valence-electron chi connectivity index (χ1n) is 11.3. The molecule has 0 aliphatic carbocycles. The van der Waals surface area contributed by atoms with Crippen LogP contribution in [0.2, 0.25) is 0 Å². The van der Waals surface area contributed by atoms with Gasteiger partial charge in [-0.1, -0.05) is 6.07 Å². The van der Waals surface area contributed by atoms with E-state index in [1.807, 2.05) is 18.2 Å². The number of carbonyl (C=O) groups is 1. The van der Waals surface area contributed by atoms with Gasteiger partial charge in [0.1, 0.15) is 0 Å². The Morgan fingerprint density at radius 3 is 2.39 bits per heavy atom. The molecule has 3 aliphatic heterocycles. The molecule has 0 radical (unpaired) electrons. The van der Waals surface area contributed by atoms with E-state index in [0.717, 1.165) is 42.7 Å². The molecule has 0 spiro atoms. The highest BCUT2D eigenvalue weighted by Crippen LogP contribution is 2.40. The molecule has 0 aromatic heterocycles. The maximum absolute atomic E-state index is 12.9. The van der Waals surface area contributed by atoms with Crippen LogP contribution in [0.1, 0.15) is 41.6 Å². The summed E-state index contributed by atoms with van der Waals surface area (Å²) in [6.45, 7) is 3.00. The lowest BCUT2D eigenvalue weighted by Crippen LogP contribution is -2.44. The molecule has 2 aromatic carbocycles. The Bertz CT molecular complexity index is 1120. The molecular formula is C24H28N2O6S. The molecule has 2 saturated heterocycles. The lowest BCUT2D eigenvalue weighted by Gasteiger charge is -2.38. The number of hydrogen-bond acceptors (Lipinski definition) is 6. The largest absolute Gasteiger partial charge is 0.454 e. The minimum Gasteiger partial charge on any atom is -0.454 e. The van der Waals surface area contributed by atoms with E-state index in [-0.39, 0.29) is 23.0 Å². The molecule has 9 heteroatoms.